The van der Waals surface area contributed by atoms with Crippen molar-refractivity contribution in [3.8, 4) is 0 Å². The minimum absolute atomic E-state index is 0.0986. The Hall–Kier alpha value is -0.0831. The Kier molecular flexibility index (Phi) is 14.5. The van der Waals surface area contributed by atoms with Crippen LogP contribution in [0.15, 0.2) is 0 Å². The van der Waals surface area contributed by atoms with Gasteiger partial charge in [0.1, 0.15) is 0 Å². The third kappa shape index (κ3) is 10.6. The number of rotatable bonds is 15. The van der Waals surface area contributed by atoms with Crippen molar-refractivity contribution in [1.29, 1.82) is 0 Å². The second-order valence-electron chi connectivity index (χ2n) is 4.61. The zero-order chi connectivity index (χ0) is 16.7. The maximum Gasteiger partial charge on any atom is 0.500 e. The van der Waals surface area contributed by atoms with Crippen LogP contribution in [0.4, 0.5) is 0 Å². The first-order valence-corrected chi connectivity index (χ1v) is 11.4. The summed E-state index contributed by atoms with van der Waals surface area (Å²) >= 11 is 1.86. The van der Waals surface area contributed by atoms with Crippen LogP contribution in [0.5, 0.6) is 0 Å². The van der Waals surface area contributed by atoms with Crippen LogP contribution in [-0.4, -0.2) is 52.7 Å². The average Bonchev–Trinajstić information content (AvgIpc) is 2.47. The fourth-order valence-electron chi connectivity index (χ4n) is 2.05. The summed E-state index contributed by atoms with van der Waals surface area (Å²) in [7, 11) is -2.48. The van der Waals surface area contributed by atoms with Crippen LogP contribution in [0.2, 0.25) is 6.04 Å². The minimum Gasteiger partial charge on any atom is -0.466 e. The van der Waals surface area contributed by atoms with E-state index in [9.17, 15) is 4.79 Å². The summed E-state index contributed by atoms with van der Waals surface area (Å²) in [6.45, 7) is 10.1. The molecule has 0 saturated carbocycles. The summed E-state index contributed by atoms with van der Waals surface area (Å²) in [6, 6.07) is 0.855. The molecule has 0 aromatic heterocycles. The summed E-state index contributed by atoms with van der Waals surface area (Å²) in [6.07, 6.45) is 2.39. The molecule has 0 heterocycles. The standard InChI is InChI=1S/C15H32O5SSi/c1-5-17-15(16)11-9-12-21-13-10-14-22(18-6-2,19-7-3)20-8-4/h5-14H2,1-4H3. The third-order valence-electron chi connectivity index (χ3n) is 2.84. The largest absolute Gasteiger partial charge is 0.500 e. The van der Waals surface area contributed by atoms with Crippen LogP contribution < -0.4 is 0 Å². The Morgan fingerprint density at radius 2 is 1.41 bits per heavy atom. The SMILES string of the molecule is CCOC(=O)CCCSCCC[Si](OCC)(OCC)OCC. The van der Waals surface area contributed by atoms with Crippen LogP contribution >= 0.6 is 11.8 Å². The fraction of sp³-hybridized carbons (Fsp3) is 0.933. The van der Waals surface area contributed by atoms with E-state index in [1.54, 1.807) is 0 Å². The van der Waals surface area contributed by atoms with Gasteiger partial charge in [0.25, 0.3) is 0 Å². The smallest absolute Gasteiger partial charge is 0.466 e. The predicted molar refractivity (Wildman–Crippen MR) is 93.2 cm³/mol. The van der Waals surface area contributed by atoms with Gasteiger partial charge in [-0.05, 0) is 52.0 Å². The molecular formula is C15H32O5SSi. The topological polar surface area (TPSA) is 54.0 Å². The van der Waals surface area contributed by atoms with Crippen molar-refractivity contribution in [2.45, 2.75) is 53.0 Å². The highest BCUT2D eigenvalue weighted by Crippen LogP contribution is 2.20. The van der Waals surface area contributed by atoms with Gasteiger partial charge >= 0.3 is 14.8 Å². The lowest BCUT2D eigenvalue weighted by Crippen LogP contribution is -2.46. The molecule has 0 aromatic rings. The Morgan fingerprint density at radius 3 is 1.91 bits per heavy atom. The molecule has 0 aliphatic rings. The normalized spacial score (nSPS) is 11.6. The van der Waals surface area contributed by atoms with Crippen molar-refractivity contribution in [1.82, 2.24) is 0 Å². The van der Waals surface area contributed by atoms with Gasteiger partial charge in [-0.2, -0.15) is 11.8 Å². The number of esters is 1. The Bertz CT molecular complexity index is 262. The molecule has 0 radical (unpaired) electrons. The van der Waals surface area contributed by atoms with Gasteiger partial charge in [-0.1, -0.05) is 0 Å². The Balaban J connectivity index is 3.85. The van der Waals surface area contributed by atoms with Crippen LogP contribution in [0, 0.1) is 0 Å². The Morgan fingerprint density at radius 1 is 0.864 bits per heavy atom. The molecular weight excluding hydrogens is 320 g/mol. The lowest BCUT2D eigenvalue weighted by Gasteiger charge is -2.28. The monoisotopic (exact) mass is 352 g/mol. The third-order valence-corrected chi connectivity index (χ3v) is 7.15. The van der Waals surface area contributed by atoms with Gasteiger partial charge in [0.15, 0.2) is 0 Å². The molecule has 0 fully saturated rings. The van der Waals surface area contributed by atoms with Gasteiger partial charge in [-0.25, -0.2) is 0 Å². The molecule has 0 unspecified atom stereocenters. The number of ether oxygens (including phenoxy) is 1. The zero-order valence-electron chi connectivity index (χ0n) is 14.5. The molecule has 0 N–H and O–H groups in total. The summed E-state index contributed by atoms with van der Waals surface area (Å²) < 4.78 is 22.4. The van der Waals surface area contributed by atoms with Gasteiger partial charge in [0.2, 0.25) is 0 Å². The van der Waals surface area contributed by atoms with E-state index in [4.69, 9.17) is 18.0 Å². The average molecular weight is 353 g/mol. The highest BCUT2D eigenvalue weighted by atomic mass is 32.2. The van der Waals surface area contributed by atoms with Gasteiger partial charge in [-0.15, -0.1) is 0 Å². The van der Waals surface area contributed by atoms with Crippen LogP contribution in [-0.2, 0) is 22.8 Å². The van der Waals surface area contributed by atoms with Gasteiger partial charge < -0.3 is 18.0 Å². The molecule has 5 nitrogen and oxygen atoms in total. The molecule has 0 aliphatic carbocycles. The lowest BCUT2D eigenvalue weighted by molar-refractivity contribution is -0.143. The highest BCUT2D eigenvalue weighted by molar-refractivity contribution is 7.99. The molecule has 0 atom stereocenters. The first-order valence-electron chi connectivity index (χ1n) is 8.29. The summed E-state index contributed by atoms with van der Waals surface area (Å²) in [5.74, 6) is 1.91. The van der Waals surface area contributed by atoms with E-state index in [1.165, 1.54) is 0 Å². The molecule has 0 rings (SSSR count). The molecule has 0 spiro atoms. The molecule has 0 amide bonds. The van der Waals surface area contributed by atoms with E-state index in [-0.39, 0.29) is 5.97 Å². The molecule has 22 heavy (non-hydrogen) atoms. The molecule has 0 saturated heterocycles. The number of carbonyl (C=O) groups excluding carboxylic acids is 1. The van der Waals surface area contributed by atoms with Crippen molar-refractivity contribution >= 4 is 26.5 Å². The van der Waals surface area contributed by atoms with Crippen LogP contribution in [0.25, 0.3) is 0 Å². The van der Waals surface area contributed by atoms with E-state index in [0.717, 1.165) is 30.4 Å². The Labute approximate surface area is 140 Å². The maximum atomic E-state index is 11.2. The van der Waals surface area contributed by atoms with Gasteiger partial charge in [0, 0.05) is 32.3 Å². The molecule has 0 bridgehead atoms. The first-order chi connectivity index (χ1) is 10.6. The lowest BCUT2D eigenvalue weighted by atomic mass is 10.3. The number of hydrogen-bond donors (Lipinski definition) is 0. The van der Waals surface area contributed by atoms with Crippen LogP contribution in [0.3, 0.4) is 0 Å². The molecule has 132 valence electrons. The fourth-order valence-corrected chi connectivity index (χ4v) is 5.82. The van der Waals surface area contributed by atoms with Crippen LogP contribution in [0.1, 0.15) is 47.0 Å². The summed E-state index contributed by atoms with van der Waals surface area (Å²) in [4.78, 5) is 11.2. The maximum absolute atomic E-state index is 11.2. The van der Waals surface area contributed by atoms with Crippen molar-refractivity contribution < 1.29 is 22.8 Å². The van der Waals surface area contributed by atoms with E-state index in [0.29, 0.717) is 32.8 Å². The van der Waals surface area contributed by atoms with Crippen molar-refractivity contribution in [3.05, 3.63) is 0 Å². The zero-order valence-corrected chi connectivity index (χ0v) is 16.3. The van der Waals surface area contributed by atoms with Crippen molar-refractivity contribution in [3.63, 3.8) is 0 Å². The van der Waals surface area contributed by atoms with E-state index >= 15 is 0 Å². The second-order valence-corrected chi connectivity index (χ2v) is 8.56. The van der Waals surface area contributed by atoms with Crippen molar-refractivity contribution in [2.75, 3.05) is 37.9 Å². The van der Waals surface area contributed by atoms with Gasteiger partial charge in [-0.3, -0.25) is 4.79 Å². The van der Waals surface area contributed by atoms with E-state index in [2.05, 4.69) is 0 Å². The summed E-state index contributed by atoms with van der Waals surface area (Å²) in [5, 5.41) is 0. The van der Waals surface area contributed by atoms with Crippen molar-refractivity contribution in [2.24, 2.45) is 0 Å². The van der Waals surface area contributed by atoms with Gasteiger partial charge in [0.05, 0.1) is 6.61 Å². The molecule has 0 aromatic carbocycles. The predicted octanol–water partition coefficient (Wildman–Crippen LogP) is 3.50. The number of carbonyl (C=O) groups is 1. The molecule has 0 aliphatic heterocycles. The first kappa shape index (κ1) is 21.9. The quantitative estimate of drug-likeness (QED) is 0.255. The second kappa shape index (κ2) is 14.5. The number of hydrogen-bond acceptors (Lipinski definition) is 6. The highest BCUT2D eigenvalue weighted by Gasteiger charge is 2.39. The number of thioether (sulfide) groups is 1. The minimum atomic E-state index is -2.48. The van der Waals surface area contributed by atoms with E-state index < -0.39 is 8.80 Å². The summed E-state index contributed by atoms with van der Waals surface area (Å²) in [5.41, 5.74) is 0. The molecule has 7 heteroatoms. The van der Waals surface area contributed by atoms with E-state index in [1.807, 2.05) is 39.5 Å².